The van der Waals surface area contributed by atoms with E-state index in [0.29, 0.717) is 10.6 Å². The van der Waals surface area contributed by atoms with Crippen LogP contribution in [0, 0.1) is 0 Å². The van der Waals surface area contributed by atoms with Gasteiger partial charge in [-0.1, -0.05) is 54.3 Å². The number of aromatic hydroxyl groups is 1. The van der Waals surface area contributed by atoms with Crippen LogP contribution in [0.3, 0.4) is 0 Å². The van der Waals surface area contributed by atoms with Crippen LogP contribution in [0.2, 0.25) is 0 Å². The third kappa shape index (κ3) is 3.21. The third-order valence-electron chi connectivity index (χ3n) is 4.46. The molecule has 6 nitrogen and oxygen atoms in total. The number of thiocarbonyl (C=S) groups is 1. The first kappa shape index (κ1) is 18.4. The zero-order valence-corrected chi connectivity index (χ0v) is 16.1. The lowest BCUT2D eigenvalue weighted by molar-refractivity contribution is -0.129. The monoisotopic (exact) mass is 410 g/mol. The van der Waals surface area contributed by atoms with Crippen molar-refractivity contribution >= 4 is 57.8 Å². The molecule has 2 saturated heterocycles. The van der Waals surface area contributed by atoms with E-state index in [1.54, 1.807) is 6.08 Å². The number of amides is 3. The molecule has 140 valence electrons. The van der Waals surface area contributed by atoms with Gasteiger partial charge in [0.1, 0.15) is 16.1 Å². The van der Waals surface area contributed by atoms with Crippen molar-refractivity contribution in [3.8, 4) is 5.75 Å². The second kappa shape index (κ2) is 7.21. The predicted molar refractivity (Wildman–Crippen MR) is 110 cm³/mol. The Morgan fingerprint density at radius 3 is 2.39 bits per heavy atom. The molecule has 0 radical (unpaired) electrons. The molecule has 0 bridgehead atoms. The Bertz CT molecular complexity index is 1020. The van der Waals surface area contributed by atoms with Crippen LogP contribution in [0.4, 0.5) is 5.69 Å². The first-order valence-corrected chi connectivity index (χ1v) is 9.66. The summed E-state index contributed by atoms with van der Waals surface area (Å²) < 4.78 is 0.255. The van der Waals surface area contributed by atoms with Crippen molar-refractivity contribution < 1.29 is 19.5 Å². The van der Waals surface area contributed by atoms with E-state index in [1.807, 2.05) is 30.3 Å². The highest BCUT2D eigenvalue weighted by molar-refractivity contribution is 8.26. The van der Waals surface area contributed by atoms with Gasteiger partial charge in [0.25, 0.3) is 11.8 Å². The fourth-order valence-electron chi connectivity index (χ4n) is 3.14. The van der Waals surface area contributed by atoms with Crippen LogP contribution in [-0.2, 0) is 14.4 Å². The summed E-state index contributed by atoms with van der Waals surface area (Å²) in [5.74, 6) is -1.27. The SMILES string of the molecule is O=C1CC(N2C(=O)/C(=C/c3ccccc3)SC2=S)C(=O)N1c1ccc(O)cc1. The molecule has 3 amide bonds. The van der Waals surface area contributed by atoms with E-state index in [2.05, 4.69) is 0 Å². The number of carbonyl (C=O) groups is 3. The Labute approximate surface area is 170 Å². The van der Waals surface area contributed by atoms with Crippen molar-refractivity contribution in [3.63, 3.8) is 0 Å². The van der Waals surface area contributed by atoms with Gasteiger partial charge in [0.2, 0.25) is 5.91 Å². The van der Waals surface area contributed by atoms with E-state index < -0.39 is 17.9 Å². The number of hydrogen-bond donors (Lipinski definition) is 1. The number of anilines is 1. The Kier molecular flexibility index (Phi) is 4.74. The summed E-state index contributed by atoms with van der Waals surface area (Å²) in [6.45, 7) is 0. The molecule has 0 aromatic heterocycles. The van der Waals surface area contributed by atoms with Crippen molar-refractivity contribution in [2.75, 3.05) is 4.90 Å². The van der Waals surface area contributed by atoms with Gasteiger partial charge in [-0.15, -0.1) is 0 Å². The zero-order chi connectivity index (χ0) is 19.8. The molecule has 4 rings (SSSR count). The van der Waals surface area contributed by atoms with E-state index >= 15 is 0 Å². The second-order valence-electron chi connectivity index (χ2n) is 6.27. The number of phenols is 1. The summed E-state index contributed by atoms with van der Waals surface area (Å²) in [4.78, 5) is 40.9. The number of thioether (sulfide) groups is 1. The number of hydrogen-bond acceptors (Lipinski definition) is 6. The molecule has 2 aromatic carbocycles. The predicted octanol–water partition coefficient (Wildman–Crippen LogP) is 2.93. The molecule has 1 unspecified atom stereocenters. The molecule has 0 spiro atoms. The van der Waals surface area contributed by atoms with E-state index in [4.69, 9.17) is 12.2 Å². The Morgan fingerprint density at radius 2 is 1.71 bits per heavy atom. The molecule has 2 aliphatic heterocycles. The lowest BCUT2D eigenvalue weighted by atomic mass is 10.2. The smallest absolute Gasteiger partial charge is 0.266 e. The van der Waals surface area contributed by atoms with E-state index in [0.717, 1.165) is 22.2 Å². The minimum atomic E-state index is -0.963. The number of nitrogens with zero attached hydrogens (tertiary/aromatic N) is 2. The highest BCUT2D eigenvalue weighted by atomic mass is 32.2. The highest BCUT2D eigenvalue weighted by Gasteiger charge is 2.48. The van der Waals surface area contributed by atoms with E-state index in [9.17, 15) is 19.5 Å². The van der Waals surface area contributed by atoms with Crippen LogP contribution in [-0.4, -0.2) is 38.1 Å². The van der Waals surface area contributed by atoms with Crippen molar-refractivity contribution in [3.05, 3.63) is 65.1 Å². The van der Waals surface area contributed by atoms with Crippen LogP contribution in [0.1, 0.15) is 12.0 Å². The maximum Gasteiger partial charge on any atom is 0.266 e. The largest absolute Gasteiger partial charge is 0.508 e. The first-order chi connectivity index (χ1) is 13.5. The standard InChI is InChI=1S/C20H14N2O4S2/c23-14-8-6-13(7-9-14)21-17(24)11-15(18(21)25)22-19(26)16(28-20(22)27)10-12-4-2-1-3-5-12/h1-10,15,23H,11H2/b16-10-. The van der Waals surface area contributed by atoms with Crippen molar-refractivity contribution in [2.45, 2.75) is 12.5 Å². The van der Waals surface area contributed by atoms with Crippen LogP contribution in [0.25, 0.3) is 6.08 Å². The van der Waals surface area contributed by atoms with Gasteiger partial charge < -0.3 is 5.11 Å². The van der Waals surface area contributed by atoms with Gasteiger partial charge >= 0.3 is 0 Å². The van der Waals surface area contributed by atoms with Crippen LogP contribution < -0.4 is 4.90 Å². The molecular formula is C20H14N2O4S2. The maximum atomic E-state index is 12.9. The van der Waals surface area contributed by atoms with Crippen molar-refractivity contribution in [1.29, 1.82) is 0 Å². The number of benzene rings is 2. The molecule has 2 aliphatic rings. The summed E-state index contributed by atoms with van der Waals surface area (Å²) in [5, 5.41) is 9.41. The number of rotatable bonds is 3. The van der Waals surface area contributed by atoms with Crippen molar-refractivity contribution in [2.24, 2.45) is 0 Å². The molecular weight excluding hydrogens is 396 g/mol. The van der Waals surface area contributed by atoms with Gasteiger partial charge in [0.15, 0.2) is 0 Å². The summed E-state index contributed by atoms with van der Waals surface area (Å²) in [6.07, 6.45) is 1.59. The summed E-state index contributed by atoms with van der Waals surface area (Å²) in [6, 6.07) is 14.1. The molecule has 0 aliphatic carbocycles. The average molecular weight is 410 g/mol. The third-order valence-corrected chi connectivity index (χ3v) is 5.79. The minimum Gasteiger partial charge on any atom is -0.508 e. The number of carbonyl (C=O) groups excluding carboxylic acids is 3. The van der Waals surface area contributed by atoms with E-state index in [1.165, 1.54) is 29.2 Å². The Hall–Kier alpha value is -2.97. The van der Waals surface area contributed by atoms with Gasteiger partial charge in [-0.25, -0.2) is 4.90 Å². The second-order valence-corrected chi connectivity index (χ2v) is 7.94. The summed E-state index contributed by atoms with van der Waals surface area (Å²) in [7, 11) is 0. The van der Waals surface area contributed by atoms with Crippen LogP contribution >= 0.6 is 24.0 Å². The number of imide groups is 1. The molecule has 28 heavy (non-hydrogen) atoms. The first-order valence-electron chi connectivity index (χ1n) is 8.43. The minimum absolute atomic E-state index is 0.0300. The Balaban J connectivity index is 1.61. The summed E-state index contributed by atoms with van der Waals surface area (Å²) >= 11 is 6.44. The van der Waals surface area contributed by atoms with Crippen LogP contribution in [0.15, 0.2) is 59.5 Å². The molecule has 1 atom stereocenters. The quantitative estimate of drug-likeness (QED) is 0.476. The highest BCUT2D eigenvalue weighted by Crippen LogP contribution is 2.37. The molecule has 0 saturated carbocycles. The summed E-state index contributed by atoms with van der Waals surface area (Å²) in [5.41, 5.74) is 1.20. The van der Waals surface area contributed by atoms with Gasteiger partial charge in [-0.05, 0) is 35.9 Å². The Morgan fingerprint density at radius 1 is 1.04 bits per heavy atom. The van der Waals surface area contributed by atoms with Gasteiger partial charge in [0.05, 0.1) is 17.0 Å². The molecule has 1 N–H and O–H groups in total. The fraction of sp³-hybridized carbons (Fsp3) is 0.100. The fourth-order valence-corrected chi connectivity index (χ4v) is 4.50. The van der Waals surface area contributed by atoms with Gasteiger partial charge in [0, 0.05) is 0 Å². The molecule has 8 heteroatoms. The van der Waals surface area contributed by atoms with Crippen LogP contribution in [0.5, 0.6) is 5.75 Å². The lowest BCUT2D eigenvalue weighted by Crippen LogP contribution is -2.44. The lowest BCUT2D eigenvalue weighted by Gasteiger charge is -2.21. The molecule has 2 heterocycles. The zero-order valence-electron chi connectivity index (χ0n) is 14.4. The van der Waals surface area contributed by atoms with Gasteiger partial charge in [-0.2, -0.15) is 0 Å². The maximum absolute atomic E-state index is 12.9. The molecule has 2 fully saturated rings. The van der Waals surface area contributed by atoms with E-state index in [-0.39, 0.29) is 22.4 Å². The average Bonchev–Trinajstić information content (AvgIpc) is 3.12. The number of phenolic OH excluding ortho intramolecular Hbond substituents is 1. The van der Waals surface area contributed by atoms with Gasteiger partial charge in [-0.3, -0.25) is 19.3 Å². The topological polar surface area (TPSA) is 77.9 Å². The van der Waals surface area contributed by atoms with Crippen molar-refractivity contribution in [1.82, 2.24) is 4.90 Å². The normalized spacial score (nSPS) is 21.3. The molecule has 2 aromatic rings.